The Bertz CT molecular complexity index is 1080. The minimum absolute atomic E-state index is 0.147. The fourth-order valence-electron chi connectivity index (χ4n) is 3.83. The number of carbonyl (C=O) groups excluding carboxylic acids is 1. The third kappa shape index (κ3) is 4.40. The normalized spacial score (nSPS) is 16.3. The van der Waals surface area contributed by atoms with Crippen LogP contribution in [-0.2, 0) is 4.74 Å². The predicted molar refractivity (Wildman–Crippen MR) is 119 cm³/mol. The molecule has 2 amide bonds. The molecule has 1 saturated heterocycles. The van der Waals surface area contributed by atoms with Gasteiger partial charge in [0.25, 0.3) is 0 Å². The fourth-order valence-corrected chi connectivity index (χ4v) is 3.83. The van der Waals surface area contributed by atoms with Gasteiger partial charge < -0.3 is 24.7 Å². The lowest BCUT2D eigenvalue weighted by molar-refractivity contribution is -0.0393. The van der Waals surface area contributed by atoms with Crippen molar-refractivity contribution >= 4 is 22.8 Å². The van der Waals surface area contributed by atoms with Crippen LogP contribution in [0.25, 0.3) is 22.6 Å². The Morgan fingerprint density at radius 3 is 2.84 bits per heavy atom. The fraction of sp³-hybridized carbons (Fsp3) is 0.500. The van der Waals surface area contributed by atoms with E-state index < -0.39 is 5.82 Å². The van der Waals surface area contributed by atoms with Gasteiger partial charge in [-0.05, 0) is 40.0 Å². The van der Waals surface area contributed by atoms with Crippen LogP contribution in [0.4, 0.5) is 14.9 Å². The number of aromatic amines is 1. The van der Waals surface area contributed by atoms with Crippen LogP contribution in [0.3, 0.4) is 0 Å². The van der Waals surface area contributed by atoms with E-state index in [9.17, 15) is 9.18 Å². The molecule has 0 radical (unpaired) electrons. The van der Waals surface area contributed by atoms with Gasteiger partial charge in [0.05, 0.1) is 29.5 Å². The summed E-state index contributed by atoms with van der Waals surface area (Å²) in [6, 6.07) is 2.69. The van der Waals surface area contributed by atoms with Crippen molar-refractivity contribution in [3.63, 3.8) is 0 Å². The minimum atomic E-state index is -0.467. The number of benzene rings is 1. The number of nitrogens with zero attached hydrogens (tertiary/aromatic N) is 4. The SMILES string of the molecule is CCOc1cc2nc(-c3nn(C4CCCCO4)cc3NC(=O)N(CC)CC)[nH]c2cc1F. The standard InChI is InChI=1S/C22H29FN6O3/c1-4-28(5-2)22(30)26-17-13-29(19-9-7-8-10-32-19)27-20(17)21-24-15-11-14(23)18(31-6-3)12-16(15)25-21/h11-13,19H,4-10H2,1-3H3,(H,24,25)(H,26,30). The summed E-state index contributed by atoms with van der Waals surface area (Å²) in [5.41, 5.74) is 2.05. The highest BCUT2D eigenvalue weighted by atomic mass is 19.1. The molecule has 3 aromatic rings. The van der Waals surface area contributed by atoms with Gasteiger partial charge in [0, 0.05) is 31.8 Å². The van der Waals surface area contributed by atoms with E-state index in [-0.39, 0.29) is 18.0 Å². The maximum Gasteiger partial charge on any atom is 0.321 e. The lowest BCUT2D eigenvalue weighted by atomic mass is 10.2. The summed E-state index contributed by atoms with van der Waals surface area (Å²) in [6.45, 7) is 7.84. The Morgan fingerprint density at radius 2 is 2.16 bits per heavy atom. The minimum Gasteiger partial charge on any atom is -0.491 e. The highest BCUT2D eigenvalue weighted by Gasteiger charge is 2.24. The number of urea groups is 1. The van der Waals surface area contributed by atoms with E-state index in [0.717, 1.165) is 19.3 Å². The van der Waals surface area contributed by atoms with Crippen LogP contribution in [0.2, 0.25) is 0 Å². The molecule has 0 saturated carbocycles. The van der Waals surface area contributed by atoms with Gasteiger partial charge in [-0.15, -0.1) is 0 Å². The number of nitrogens with one attached hydrogen (secondary N) is 2. The van der Waals surface area contributed by atoms with Crippen LogP contribution in [0.1, 0.15) is 46.3 Å². The van der Waals surface area contributed by atoms with Crippen LogP contribution in [0, 0.1) is 5.82 Å². The van der Waals surface area contributed by atoms with Crippen LogP contribution >= 0.6 is 0 Å². The number of hydrogen-bond donors (Lipinski definition) is 2. The molecule has 172 valence electrons. The molecule has 9 nitrogen and oxygen atoms in total. The van der Waals surface area contributed by atoms with Gasteiger partial charge in [0.15, 0.2) is 23.1 Å². The molecular formula is C22H29FN6O3. The molecule has 1 unspecified atom stereocenters. The smallest absolute Gasteiger partial charge is 0.321 e. The van der Waals surface area contributed by atoms with Gasteiger partial charge in [-0.2, -0.15) is 5.10 Å². The molecule has 1 atom stereocenters. The number of imidazole rings is 1. The summed E-state index contributed by atoms with van der Waals surface area (Å²) in [5, 5.41) is 7.63. The van der Waals surface area contributed by atoms with Crippen molar-refractivity contribution in [3.05, 3.63) is 24.1 Å². The van der Waals surface area contributed by atoms with E-state index in [2.05, 4.69) is 20.4 Å². The first-order valence-corrected chi connectivity index (χ1v) is 11.1. The van der Waals surface area contributed by atoms with E-state index in [0.29, 0.717) is 54.5 Å². The Balaban J connectivity index is 1.73. The highest BCUT2D eigenvalue weighted by Crippen LogP contribution is 2.32. The maximum absolute atomic E-state index is 14.3. The van der Waals surface area contributed by atoms with Crippen molar-refractivity contribution in [3.8, 4) is 17.3 Å². The van der Waals surface area contributed by atoms with Gasteiger partial charge in [0.1, 0.15) is 6.23 Å². The maximum atomic E-state index is 14.3. The molecule has 1 aromatic carbocycles. The Hall–Kier alpha value is -3.14. The Labute approximate surface area is 185 Å². The third-order valence-corrected chi connectivity index (χ3v) is 5.53. The number of fused-ring (bicyclic) bond motifs is 1. The van der Waals surface area contributed by atoms with E-state index in [1.807, 2.05) is 13.8 Å². The summed E-state index contributed by atoms with van der Waals surface area (Å²) in [7, 11) is 0. The second kappa shape index (κ2) is 9.56. The van der Waals surface area contributed by atoms with Crippen molar-refractivity contribution in [1.82, 2.24) is 24.6 Å². The zero-order chi connectivity index (χ0) is 22.7. The topological polar surface area (TPSA) is 97.3 Å². The number of carbonyl (C=O) groups is 1. The van der Waals surface area contributed by atoms with Crippen LogP contribution < -0.4 is 10.1 Å². The van der Waals surface area contributed by atoms with Gasteiger partial charge in [-0.3, -0.25) is 0 Å². The van der Waals surface area contributed by atoms with Crippen molar-refractivity contribution in [2.24, 2.45) is 0 Å². The van der Waals surface area contributed by atoms with Crippen molar-refractivity contribution in [2.75, 3.05) is 31.6 Å². The lowest BCUT2D eigenvalue weighted by Crippen LogP contribution is -2.34. The van der Waals surface area contributed by atoms with E-state index in [1.54, 1.807) is 28.8 Å². The van der Waals surface area contributed by atoms with Gasteiger partial charge in [-0.1, -0.05) is 0 Å². The Kier molecular flexibility index (Phi) is 6.59. The van der Waals surface area contributed by atoms with Crippen LogP contribution in [0.5, 0.6) is 5.75 Å². The van der Waals surface area contributed by atoms with Crippen LogP contribution in [-0.4, -0.2) is 57.0 Å². The summed E-state index contributed by atoms with van der Waals surface area (Å²) >= 11 is 0. The molecule has 2 aromatic heterocycles. The van der Waals surface area contributed by atoms with Crippen molar-refractivity contribution in [1.29, 1.82) is 0 Å². The number of ether oxygens (including phenoxy) is 2. The molecule has 1 aliphatic heterocycles. The zero-order valence-corrected chi connectivity index (χ0v) is 18.7. The molecule has 4 rings (SSSR count). The first-order chi connectivity index (χ1) is 15.5. The number of hydrogen-bond acceptors (Lipinski definition) is 5. The van der Waals surface area contributed by atoms with Gasteiger partial charge in [0.2, 0.25) is 0 Å². The number of aromatic nitrogens is 4. The Morgan fingerprint density at radius 1 is 1.34 bits per heavy atom. The summed E-state index contributed by atoms with van der Waals surface area (Å²) in [6.07, 6.45) is 4.48. The third-order valence-electron chi connectivity index (χ3n) is 5.53. The predicted octanol–water partition coefficient (Wildman–Crippen LogP) is 4.54. The lowest BCUT2D eigenvalue weighted by Gasteiger charge is -2.22. The molecule has 0 aliphatic carbocycles. The molecule has 0 bridgehead atoms. The molecule has 32 heavy (non-hydrogen) atoms. The first kappa shape index (κ1) is 22.1. The van der Waals surface area contributed by atoms with Gasteiger partial charge in [-0.25, -0.2) is 18.9 Å². The summed E-state index contributed by atoms with van der Waals surface area (Å²) in [5.74, 6) is 0.109. The summed E-state index contributed by atoms with van der Waals surface area (Å²) in [4.78, 5) is 22.1. The molecular weight excluding hydrogens is 415 g/mol. The average Bonchev–Trinajstić information content (AvgIpc) is 3.39. The van der Waals surface area contributed by atoms with Crippen molar-refractivity contribution < 1.29 is 18.7 Å². The average molecular weight is 445 g/mol. The second-order valence-electron chi connectivity index (χ2n) is 7.61. The molecule has 3 heterocycles. The molecule has 10 heteroatoms. The summed E-state index contributed by atoms with van der Waals surface area (Å²) < 4.78 is 27.2. The first-order valence-electron chi connectivity index (χ1n) is 11.1. The van der Waals surface area contributed by atoms with E-state index in [4.69, 9.17) is 9.47 Å². The highest BCUT2D eigenvalue weighted by molar-refractivity contribution is 5.93. The zero-order valence-electron chi connectivity index (χ0n) is 18.7. The second-order valence-corrected chi connectivity index (χ2v) is 7.61. The molecule has 1 fully saturated rings. The quantitative estimate of drug-likeness (QED) is 0.558. The van der Waals surface area contributed by atoms with E-state index >= 15 is 0 Å². The number of halogens is 1. The van der Waals surface area contributed by atoms with Crippen molar-refractivity contribution in [2.45, 2.75) is 46.3 Å². The van der Waals surface area contributed by atoms with Gasteiger partial charge >= 0.3 is 6.03 Å². The number of H-pyrrole nitrogens is 1. The molecule has 0 spiro atoms. The monoisotopic (exact) mass is 444 g/mol. The van der Waals surface area contributed by atoms with Crippen LogP contribution in [0.15, 0.2) is 18.3 Å². The number of rotatable bonds is 7. The molecule has 2 N–H and O–H groups in total. The largest absolute Gasteiger partial charge is 0.491 e. The number of anilines is 1. The molecule has 1 aliphatic rings. The number of amides is 2. The van der Waals surface area contributed by atoms with E-state index in [1.165, 1.54) is 6.07 Å².